The summed E-state index contributed by atoms with van der Waals surface area (Å²) in [6, 6.07) is 11.4. The average molecular weight is 421 g/mol. The van der Waals surface area contributed by atoms with Gasteiger partial charge in [-0.25, -0.2) is 9.37 Å². The van der Waals surface area contributed by atoms with Gasteiger partial charge in [-0.05, 0) is 56.2 Å². The number of aromatic nitrogens is 1. The highest BCUT2D eigenvalue weighted by Crippen LogP contribution is 2.43. The molecule has 0 radical (unpaired) electrons. The Labute approximate surface area is 179 Å². The van der Waals surface area contributed by atoms with Crippen molar-refractivity contribution in [1.29, 1.82) is 0 Å². The van der Waals surface area contributed by atoms with Crippen LogP contribution < -0.4 is 0 Å². The lowest BCUT2D eigenvalue weighted by atomic mass is 10.1. The highest BCUT2D eigenvalue weighted by atomic mass is 19.1. The number of nitrogens with zero attached hydrogens (tertiary/aromatic N) is 3. The Balaban J connectivity index is 1.28. The third kappa shape index (κ3) is 3.59. The molecule has 0 bridgehead atoms. The molecule has 1 atom stereocenters. The topological polar surface area (TPSA) is 69.8 Å². The van der Waals surface area contributed by atoms with Crippen molar-refractivity contribution < 1.29 is 18.7 Å². The van der Waals surface area contributed by atoms with Gasteiger partial charge in [-0.3, -0.25) is 4.79 Å². The van der Waals surface area contributed by atoms with Crippen LogP contribution in [-0.2, 0) is 0 Å². The Hall–Kier alpha value is -3.19. The number of halogens is 1. The zero-order valence-electron chi connectivity index (χ0n) is 17.3. The van der Waals surface area contributed by atoms with E-state index in [4.69, 9.17) is 4.42 Å². The second-order valence-corrected chi connectivity index (χ2v) is 8.48. The van der Waals surface area contributed by atoms with Gasteiger partial charge in [0.15, 0.2) is 5.58 Å². The third-order valence-corrected chi connectivity index (χ3v) is 6.25. The van der Waals surface area contributed by atoms with Crippen molar-refractivity contribution in [3.63, 3.8) is 0 Å². The molecular weight excluding hydrogens is 397 g/mol. The number of piperazine rings is 1. The number of hydrogen-bond donors (Lipinski definition) is 1. The Morgan fingerprint density at radius 3 is 2.65 bits per heavy atom. The zero-order valence-corrected chi connectivity index (χ0v) is 17.3. The van der Waals surface area contributed by atoms with Gasteiger partial charge in [-0.2, -0.15) is 0 Å². The first-order valence-electron chi connectivity index (χ1n) is 10.5. The minimum absolute atomic E-state index is 0.0339. The summed E-state index contributed by atoms with van der Waals surface area (Å²) in [6.45, 7) is 7.95. The highest BCUT2D eigenvalue weighted by Gasteiger charge is 2.46. The molecule has 1 saturated heterocycles. The first kappa shape index (κ1) is 19.8. The summed E-state index contributed by atoms with van der Waals surface area (Å²) in [6.07, 6.45) is 1.53. The van der Waals surface area contributed by atoms with Gasteiger partial charge >= 0.3 is 0 Å². The average Bonchev–Trinajstić information content (AvgIpc) is 3.38. The van der Waals surface area contributed by atoms with Crippen LogP contribution in [0.3, 0.4) is 0 Å². The van der Waals surface area contributed by atoms with E-state index in [1.54, 1.807) is 30.3 Å². The maximum absolute atomic E-state index is 13.4. The molecule has 1 amide bonds. The van der Waals surface area contributed by atoms with Crippen molar-refractivity contribution in [3.8, 4) is 11.5 Å². The van der Waals surface area contributed by atoms with E-state index < -0.39 is 5.60 Å². The van der Waals surface area contributed by atoms with Crippen molar-refractivity contribution in [1.82, 2.24) is 14.8 Å². The lowest BCUT2D eigenvalue weighted by Gasteiger charge is -2.43. The van der Waals surface area contributed by atoms with E-state index >= 15 is 0 Å². The van der Waals surface area contributed by atoms with Crippen molar-refractivity contribution in [3.05, 3.63) is 66.1 Å². The fourth-order valence-corrected chi connectivity index (χ4v) is 4.18. The van der Waals surface area contributed by atoms with E-state index in [2.05, 4.69) is 23.4 Å². The van der Waals surface area contributed by atoms with Crippen LogP contribution in [0.25, 0.3) is 22.6 Å². The Bertz CT molecular complexity index is 1170. The fourth-order valence-electron chi connectivity index (χ4n) is 4.18. The molecule has 7 heteroatoms. The van der Waals surface area contributed by atoms with Gasteiger partial charge in [-0.1, -0.05) is 6.58 Å². The normalized spacial score (nSPS) is 20.2. The van der Waals surface area contributed by atoms with E-state index in [9.17, 15) is 14.3 Å². The summed E-state index contributed by atoms with van der Waals surface area (Å²) in [4.78, 5) is 21.4. The number of benzene rings is 2. The van der Waals surface area contributed by atoms with Gasteiger partial charge in [-0.15, -0.1) is 0 Å². The second kappa shape index (κ2) is 7.20. The molecule has 3 aromatic rings. The summed E-state index contributed by atoms with van der Waals surface area (Å²) in [5.74, 6) is -0.0212. The zero-order chi connectivity index (χ0) is 21.8. The fraction of sp³-hybridized carbons (Fsp3) is 0.333. The van der Waals surface area contributed by atoms with E-state index in [1.807, 2.05) is 4.90 Å². The molecule has 1 aromatic heterocycles. The summed E-state index contributed by atoms with van der Waals surface area (Å²) < 4.78 is 19.0. The predicted octanol–water partition coefficient (Wildman–Crippen LogP) is 3.82. The number of fused-ring (bicyclic) bond motifs is 1. The Morgan fingerprint density at radius 1 is 1.23 bits per heavy atom. The van der Waals surface area contributed by atoms with Crippen LogP contribution in [-0.4, -0.2) is 57.1 Å². The molecule has 5 rings (SSSR count). The monoisotopic (exact) mass is 421 g/mol. The molecule has 31 heavy (non-hydrogen) atoms. The van der Waals surface area contributed by atoms with E-state index in [0.29, 0.717) is 42.2 Å². The minimum atomic E-state index is -0.743. The lowest BCUT2D eigenvalue weighted by Crippen LogP contribution is -2.54. The van der Waals surface area contributed by atoms with E-state index in [0.717, 1.165) is 24.1 Å². The Morgan fingerprint density at radius 2 is 1.97 bits per heavy atom. The number of hydrogen-bond acceptors (Lipinski definition) is 5. The molecule has 2 fully saturated rings. The van der Waals surface area contributed by atoms with Crippen molar-refractivity contribution in [2.75, 3.05) is 19.6 Å². The summed E-state index contributed by atoms with van der Waals surface area (Å²) in [5, 5.41) is 10.3. The molecule has 2 heterocycles. The number of carbonyl (C=O) groups excluding carboxylic acids is 1. The maximum Gasteiger partial charge on any atom is 0.253 e. The van der Waals surface area contributed by atoms with Gasteiger partial charge in [0.2, 0.25) is 5.89 Å². The summed E-state index contributed by atoms with van der Waals surface area (Å²) in [7, 11) is 0. The molecule has 1 saturated carbocycles. The van der Waals surface area contributed by atoms with E-state index in [-0.39, 0.29) is 17.8 Å². The van der Waals surface area contributed by atoms with Crippen LogP contribution >= 0.6 is 0 Å². The van der Waals surface area contributed by atoms with Crippen molar-refractivity contribution in [2.24, 2.45) is 0 Å². The maximum atomic E-state index is 13.4. The molecule has 2 aliphatic rings. The largest absolute Gasteiger partial charge is 0.436 e. The molecule has 2 aromatic carbocycles. The predicted molar refractivity (Wildman–Crippen MR) is 115 cm³/mol. The molecule has 0 unspecified atom stereocenters. The molecule has 1 aliphatic carbocycles. The molecular formula is C24H24FN3O3. The molecule has 1 aliphatic heterocycles. The van der Waals surface area contributed by atoms with Gasteiger partial charge in [0.25, 0.3) is 5.91 Å². The smallest absolute Gasteiger partial charge is 0.253 e. The van der Waals surface area contributed by atoms with Crippen LogP contribution in [0.15, 0.2) is 59.2 Å². The first-order chi connectivity index (χ1) is 14.8. The number of aliphatic hydroxyl groups is 1. The SMILES string of the molecule is C=C(N1CCN(C(=O)c2ccc(-c3nc4ccc(F)cc4o3)cc2)C[C@H]1C)C1(O)CC1. The first-order valence-corrected chi connectivity index (χ1v) is 10.5. The van der Waals surface area contributed by atoms with Crippen molar-refractivity contribution >= 4 is 17.0 Å². The van der Waals surface area contributed by atoms with Gasteiger partial charge in [0, 0.05) is 48.6 Å². The highest BCUT2D eigenvalue weighted by molar-refractivity contribution is 5.94. The number of carbonyl (C=O) groups is 1. The molecule has 0 spiro atoms. The standard InChI is InChI=1S/C24H24FN3O3/c1-15-14-27(11-12-28(15)16(2)24(30)9-10-24)23(29)18-5-3-17(4-6-18)22-26-20-8-7-19(25)13-21(20)31-22/h3-8,13,15,30H,2,9-12,14H2,1H3/t15-/m1/s1. The molecule has 6 nitrogen and oxygen atoms in total. The second-order valence-electron chi connectivity index (χ2n) is 8.48. The van der Waals surface area contributed by atoms with E-state index in [1.165, 1.54) is 12.1 Å². The number of amides is 1. The van der Waals surface area contributed by atoms with Crippen molar-refractivity contribution in [2.45, 2.75) is 31.4 Å². The Kier molecular flexibility index (Phi) is 4.59. The summed E-state index contributed by atoms with van der Waals surface area (Å²) in [5.41, 5.74) is 2.31. The number of rotatable bonds is 4. The van der Waals surface area contributed by atoms with Gasteiger partial charge in [0.1, 0.15) is 16.9 Å². The molecule has 160 valence electrons. The van der Waals surface area contributed by atoms with Gasteiger partial charge < -0.3 is 19.3 Å². The third-order valence-electron chi connectivity index (χ3n) is 6.25. The summed E-state index contributed by atoms with van der Waals surface area (Å²) >= 11 is 0. The van der Waals surface area contributed by atoms with Gasteiger partial charge in [0.05, 0.1) is 0 Å². The van der Waals surface area contributed by atoms with Crippen LogP contribution in [0, 0.1) is 5.82 Å². The molecule has 1 N–H and O–H groups in total. The van der Waals surface area contributed by atoms with Crippen LogP contribution in [0.5, 0.6) is 0 Å². The van der Waals surface area contributed by atoms with Crippen LogP contribution in [0.1, 0.15) is 30.1 Å². The van der Waals surface area contributed by atoms with Crippen LogP contribution in [0.2, 0.25) is 0 Å². The number of oxazole rings is 1. The minimum Gasteiger partial charge on any atom is -0.436 e. The van der Waals surface area contributed by atoms with Crippen LogP contribution in [0.4, 0.5) is 4.39 Å². The quantitative estimate of drug-likeness (QED) is 0.694. The lowest BCUT2D eigenvalue weighted by molar-refractivity contribution is 0.0493.